The van der Waals surface area contributed by atoms with Crippen molar-refractivity contribution in [2.75, 3.05) is 0 Å². The van der Waals surface area contributed by atoms with Crippen molar-refractivity contribution in [3.8, 4) is 0 Å². The van der Waals surface area contributed by atoms with E-state index in [1.165, 1.54) is 0 Å². The molecule has 0 N–H and O–H groups in total. The Hall–Kier alpha value is 2.35. The molecule has 5 atom stereocenters. The molecule has 2 fully saturated rings. The van der Waals surface area contributed by atoms with Gasteiger partial charge in [0.25, 0.3) is 0 Å². The molecule has 2 bridgehead atoms. The normalized spacial score (nSPS) is 53.8. The number of alkyl halides is 7. The van der Waals surface area contributed by atoms with E-state index in [1.54, 1.807) is 0 Å². The molecule has 3 rings (SSSR count). The third-order valence-electron chi connectivity index (χ3n) is 4.36. The Labute approximate surface area is 155 Å². The van der Waals surface area contributed by atoms with Crippen LogP contribution in [0, 0.1) is 11.8 Å². The van der Waals surface area contributed by atoms with Crippen LogP contribution in [-0.2, 0) is 0 Å². The molecule has 108 valence electrons. The number of hydrogen-bond donors (Lipinski definition) is 0. The summed E-state index contributed by atoms with van der Waals surface area (Å²) in [6.07, 6.45) is 0.286. The Morgan fingerprint density at radius 3 is 1.84 bits per heavy atom. The van der Waals surface area contributed by atoms with Gasteiger partial charge in [0, 0.05) is 5.92 Å². The van der Waals surface area contributed by atoms with E-state index in [-0.39, 0.29) is 22.4 Å². The average molecular weight is 444 g/mol. The number of allylic oxidation sites excluding steroid dienone is 2. The number of halogens is 9. The van der Waals surface area contributed by atoms with Gasteiger partial charge in [-0.3, -0.25) is 0 Å². The predicted molar refractivity (Wildman–Crippen MR) is 86.0 cm³/mol. The summed E-state index contributed by atoms with van der Waals surface area (Å²) in [7, 11) is 0. The second kappa shape index (κ2) is 4.25. The number of fused-ring (bicyclic) bond motifs is 5. The van der Waals surface area contributed by atoms with Crippen LogP contribution in [0.2, 0.25) is 0 Å². The molecular weight excluding hydrogens is 439 g/mol. The summed E-state index contributed by atoms with van der Waals surface area (Å²) >= 11 is 57.3. The van der Waals surface area contributed by atoms with Gasteiger partial charge in [-0.05, 0) is 12.3 Å². The Balaban J connectivity index is 2.27. The highest BCUT2D eigenvalue weighted by Gasteiger charge is 2.86. The molecule has 0 aromatic heterocycles. The monoisotopic (exact) mass is 440 g/mol. The molecule has 0 aromatic carbocycles. The molecule has 0 saturated heterocycles. The predicted octanol–water partition coefficient (Wildman–Crippen LogP) is 6.25. The van der Waals surface area contributed by atoms with Crippen LogP contribution in [0.1, 0.15) is 6.42 Å². The van der Waals surface area contributed by atoms with Crippen LogP contribution in [0.15, 0.2) is 10.1 Å². The van der Waals surface area contributed by atoms with Crippen LogP contribution >= 0.6 is 104 Å². The molecule has 2 saturated carbocycles. The average Bonchev–Trinajstić information content (AvgIpc) is 2.65. The van der Waals surface area contributed by atoms with Gasteiger partial charge in [-0.25, -0.2) is 0 Å². The molecule has 3 aliphatic rings. The molecule has 9 heteroatoms. The van der Waals surface area contributed by atoms with Gasteiger partial charge in [0.2, 0.25) is 0 Å². The molecule has 0 amide bonds. The van der Waals surface area contributed by atoms with E-state index in [2.05, 4.69) is 0 Å². The minimum Gasteiger partial charge on any atom is -0.119 e. The SMILES string of the molecule is ClC1=C(Cl)[C@]2(Cl)C3C(CC(Cl)(Cl)[C@@H]3Cl)C1(Cl)C2(Cl)Cl. The second-order valence-electron chi connectivity index (χ2n) is 5.13. The van der Waals surface area contributed by atoms with Crippen molar-refractivity contribution in [3.05, 3.63) is 10.1 Å². The largest absolute Gasteiger partial charge is 0.166 e. The Kier molecular flexibility index (Phi) is 3.63. The van der Waals surface area contributed by atoms with Gasteiger partial charge in [0.1, 0.15) is 14.1 Å². The first kappa shape index (κ1) is 16.2. The lowest BCUT2D eigenvalue weighted by molar-refractivity contribution is 0.385. The van der Waals surface area contributed by atoms with Crippen LogP contribution in [-0.4, -0.2) is 23.8 Å². The van der Waals surface area contributed by atoms with E-state index in [1.807, 2.05) is 0 Å². The molecule has 0 aliphatic heterocycles. The van der Waals surface area contributed by atoms with Crippen molar-refractivity contribution in [1.82, 2.24) is 0 Å². The summed E-state index contributed by atoms with van der Waals surface area (Å²) in [5.41, 5.74) is 0. The van der Waals surface area contributed by atoms with Crippen LogP contribution in [0.3, 0.4) is 0 Å². The summed E-state index contributed by atoms with van der Waals surface area (Å²) in [5.74, 6) is -0.817. The van der Waals surface area contributed by atoms with Gasteiger partial charge in [-0.15, -0.1) is 34.8 Å². The lowest BCUT2D eigenvalue weighted by Crippen LogP contribution is -2.48. The van der Waals surface area contributed by atoms with Gasteiger partial charge in [-0.2, -0.15) is 0 Å². The summed E-state index contributed by atoms with van der Waals surface area (Å²) in [5, 5.41) is -0.421. The molecule has 19 heavy (non-hydrogen) atoms. The number of rotatable bonds is 0. The zero-order chi connectivity index (χ0) is 14.6. The van der Waals surface area contributed by atoms with Crippen molar-refractivity contribution >= 4 is 104 Å². The number of hydrogen-bond acceptors (Lipinski definition) is 0. The fraction of sp³-hybridized carbons (Fsp3) is 0.800. The second-order valence-corrected chi connectivity index (χ2v) is 10.4. The van der Waals surface area contributed by atoms with Gasteiger partial charge in [0.15, 0.2) is 4.33 Å². The van der Waals surface area contributed by atoms with E-state index in [9.17, 15) is 0 Å². The zero-order valence-corrected chi connectivity index (χ0v) is 15.6. The maximum Gasteiger partial charge on any atom is 0.166 e. The summed E-state index contributed by atoms with van der Waals surface area (Å²) in [6.45, 7) is 0. The van der Waals surface area contributed by atoms with Gasteiger partial charge in [0.05, 0.1) is 15.4 Å². The molecule has 0 radical (unpaired) electrons. The van der Waals surface area contributed by atoms with Crippen molar-refractivity contribution in [2.24, 2.45) is 11.8 Å². The minimum atomic E-state index is -1.58. The molecular formula is C10H5Cl9. The fourth-order valence-corrected chi connectivity index (χ4v) is 7.67. The van der Waals surface area contributed by atoms with Gasteiger partial charge < -0.3 is 0 Å². The van der Waals surface area contributed by atoms with Crippen molar-refractivity contribution < 1.29 is 0 Å². The molecule has 0 nitrogen and oxygen atoms in total. The maximum absolute atomic E-state index is 6.62. The third-order valence-corrected chi connectivity index (χ3v) is 10.3. The molecule has 0 aromatic rings. The van der Waals surface area contributed by atoms with Crippen LogP contribution in [0.4, 0.5) is 0 Å². The lowest BCUT2D eigenvalue weighted by atomic mass is 9.84. The highest BCUT2D eigenvalue weighted by Crippen LogP contribution is 2.80. The van der Waals surface area contributed by atoms with Gasteiger partial charge >= 0.3 is 0 Å². The zero-order valence-electron chi connectivity index (χ0n) is 8.84. The summed E-state index contributed by atoms with van der Waals surface area (Å²) < 4.78 is -2.76. The third kappa shape index (κ3) is 1.51. The van der Waals surface area contributed by atoms with Crippen LogP contribution in [0.5, 0.6) is 0 Å². The molecule has 0 spiro atoms. The van der Waals surface area contributed by atoms with E-state index in [4.69, 9.17) is 104 Å². The van der Waals surface area contributed by atoms with E-state index in [0.717, 1.165) is 0 Å². The topological polar surface area (TPSA) is 0 Å². The first-order chi connectivity index (χ1) is 8.44. The Bertz CT molecular complexity index is 497. The van der Waals surface area contributed by atoms with Crippen molar-refractivity contribution in [2.45, 2.75) is 30.2 Å². The quantitative estimate of drug-likeness (QED) is 0.388. The van der Waals surface area contributed by atoms with Crippen molar-refractivity contribution in [1.29, 1.82) is 0 Å². The van der Waals surface area contributed by atoms with Gasteiger partial charge in [-0.1, -0.05) is 69.6 Å². The Morgan fingerprint density at radius 2 is 1.32 bits per heavy atom. The van der Waals surface area contributed by atoms with Crippen LogP contribution in [0.25, 0.3) is 0 Å². The summed E-state index contributed by atoms with van der Waals surface area (Å²) in [6, 6.07) is 0. The molecule has 3 aliphatic carbocycles. The van der Waals surface area contributed by atoms with E-state index >= 15 is 0 Å². The van der Waals surface area contributed by atoms with E-state index < -0.39 is 29.7 Å². The highest BCUT2D eigenvalue weighted by molar-refractivity contribution is 6.66. The first-order valence-corrected chi connectivity index (χ1v) is 8.73. The fourth-order valence-electron chi connectivity index (χ4n) is 3.48. The molecule has 3 unspecified atom stereocenters. The van der Waals surface area contributed by atoms with E-state index in [0.29, 0.717) is 0 Å². The van der Waals surface area contributed by atoms with Crippen LogP contribution < -0.4 is 0 Å². The summed E-state index contributed by atoms with van der Waals surface area (Å²) in [4.78, 5) is -2.72. The maximum atomic E-state index is 6.62. The van der Waals surface area contributed by atoms with Crippen molar-refractivity contribution in [3.63, 3.8) is 0 Å². The highest BCUT2D eigenvalue weighted by atomic mass is 35.5. The first-order valence-electron chi connectivity index (χ1n) is 5.27. The smallest absolute Gasteiger partial charge is 0.119 e. The Morgan fingerprint density at radius 1 is 0.842 bits per heavy atom. The standard InChI is InChI=1S/C10H5Cl9/c11-4-3-2(1-7(4,14)15)8(16)5(12)6(13)9(3,17)10(8,18)19/h2-4H,1H2/t2?,3?,4-,8?,9-/m1/s1. The minimum absolute atomic E-state index is 0.119. The molecule has 0 heterocycles. The lowest BCUT2D eigenvalue weighted by Gasteiger charge is -2.36.